The van der Waals surface area contributed by atoms with E-state index in [-0.39, 0.29) is 6.04 Å². The monoisotopic (exact) mass is 417 g/mol. The molecule has 0 radical (unpaired) electrons. The molecule has 1 aromatic carbocycles. The number of piperazine rings is 1. The first-order valence-corrected chi connectivity index (χ1v) is 11.6. The van der Waals surface area contributed by atoms with Crippen LogP contribution in [0.1, 0.15) is 55.1 Å². The highest BCUT2D eigenvalue weighted by molar-refractivity contribution is 5.23. The van der Waals surface area contributed by atoms with Gasteiger partial charge < -0.3 is 0 Å². The zero-order valence-electron chi connectivity index (χ0n) is 18.1. The van der Waals surface area contributed by atoms with E-state index in [1.54, 1.807) is 0 Å². The Morgan fingerprint density at radius 2 is 1.71 bits per heavy atom. The van der Waals surface area contributed by atoms with Crippen LogP contribution in [-0.4, -0.2) is 67.2 Å². The van der Waals surface area contributed by atoms with Crippen molar-refractivity contribution in [3.63, 3.8) is 0 Å². The molecule has 1 aliphatic carbocycles. The van der Waals surface area contributed by atoms with Crippen LogP contribution in [0.4, 0.5) is 0 Å². The lowest BCUT2D eigenvalue weighted by Crippen LogP contribution is -2.52. The van der Waals surface area contributed by atoms with E-state index < -0.39 is 0 Å². The molecule has 0 N–H and O–H groups in total. The fourth-order valence-electron chi connectivity index (χ4n) is 5.14. The first kappa shape index (κ1) is 20.3. The van der Waals surface area contributed by atoms with Crippen LogP contribution < -0.4 is 0 Å². The Labute approximate surface area is 184 Å². The second-order valence-corrected chi connectivity index (χ2v) is 8.73. The lowest BCUT2D eigenvalue weighted by Gasteiger charge is -2.43. The Balaban J connectivity index is 1.37. The van der Waals surface area contributed by atoms with Crippen LogP contribution in [-0.2, 0) is 6.54 Å². The highest BCUT2D eigenvalue weighted by Gasteiger charge is 2.32. The zero-order chi connectivity index (χ0) is 20.9. The van der Waals surface area contributed by atoms with Crippen LogP contribution in [0.2, 0.25) is 0 Å². The third-order valence-corrected chi connectivity index (χ3v) is 6.78. The molecule has 0 amide bonds. The minimum absolute atomic E-state index is 0.0147. The standard InChI is InChI=1S/C24H31N7/c1-3-8-20(9-4-1)19-31-24(26-27-28-31)23(21-10-7-13-25-18-21)30-16-14-29(15-17-30)22-11-5-2-6-12-22/h1,3-4,7-10,13,18,22-23H,2,5-6,11-12,14-17,19H2/t23-/m0/s1. The van der Waals surface area contributed by atoms with Crippen LogP contribution >= 0.6 is 0 Å². The van der Waals surface area contributed by atoms with Gasteiger partial charge in [0, 0.05) is 44.6 Å². The largest absolute Gasteiger partial charge is 0.298 e. The molecule has 31 heavy (non-hydrogen) atoms. The summed E-state index contributed by atoms with van der Waals surface area (Å²) in [5.41, 5.74) is 2.35. The van der Waals surface area contributed by atoms with Gasteiger partial charge in [-0.05, 0) is 40.5 Å². The summed E-state index contributed by atoms with van der Waals surface area (Å²) in [7, 11) is 0. The van der Waals surface area contributed by atoms with E-state index in [4.69, 9.17) is 0 Å². The van der Waals surface area contributed by atoms with Gasteiger partial charge >= 0.3 is 0 Å². The molecule has 162 valence electrons. The minimum Gasteiger partial charge on any atom is -0.298 e. The molecule has 5 rings (SSSR count). The molecule has 0 spiro atoms. The predicted octanol–water partition coefficient (Wildman–Crippen LogP) is 3.16. The number of tetrazole rings is 1. The third kappa shape index (κ3) is 4.67. The Morgan fingerprint density at radius 1 is 0.903 bits per heavy atom. The molecule has 2 aliphatic rings. The summed E-state index contributed by atoms with van der Waals surface area (Å²) in [6.07, 6.45) is 10.7. The van der Waals surface area contributed by atoms with Crippen molar-refractivity contribution in [3.05, 3.63) is 71.8 Å². The van der Waals surface area contributed by atoms with Crippen molar-refractivity contribution in [2.75, 3.05) is 26.2 Å². The maximum absolute atomic E-state index is 4.49. The Bertz CT molecular complexity index is 929. The second kappa shape index (κ2) is 9.66. The topological polar surface area (TPSA) is 63.0 Å². The molecule has 1 saturated heterocycles. The van der Waals surface area contributed by atoms with E-state index in [1.807, 2.05) is 29.2 Å². The molecule has 7 heteroatoms. The van der Waals surface area contributed by atoms with Gasteiger partial charge in [-0.25, -0.2) is 4.68 Å². The SMILES string of the molecule is c1ccc(Cn2nnnc2[C@H](c2cccnc2)N2CCN(C3CCCCC3)CC2)cc1. The molecule has 1 saturated carbocycles. The van der Waals surface area contributed by atoms with Crippen molar-refractivity contribution in [1.82, 2.24) is 35.0 Å². The molecule has 3 heterocycles. The van der Waals surface area contributed by atoms with Crippen molar-refractivity contribution in [2.45, 2.75) is 50.7 Å². The fraction of sp³-hybridized carbons (Fsp3) is 0.500. The number of rotatable bonds is 6. The van der Waals surface area contributed by atoms with Gasteiger partial charge in [0.25, 0.3) is 0 Å². The van der Waals surface area contributed by atoms with Gasteiger partial charge in [0.15, 0.2) is 5.82 Å². The van der Waals surface area contributed by atoms with Crippen molar-refractivity contribution < 1.29 is 0 Å². The van der Waals surface area contributed by atoms with Crippen molar-refractivity contribution in [3.8, 4) is 0 Å². The van der Waals surface area contributed by atoms with Gasteiger partial charge in [0.1, 0.15) is 0 Å². The molecule has 1 atom stereocenters. The minimum atomic E-state index is 0.0147. The molecule has 0 bridgehead atoms. The summed E-state index contributed by atoms with van der Waals surface area (Å²) in [4.78, 5) is 9.64. The third-order valence-electron chi connectivity index (χ3n) is 6.78. The average Bonchev–Trinajstić information content (AvgIpc) is 3.29. The number of hydrogen-bond acceptors (Lipinski definition) is 6. The molecule has 7 nitrogen and oxygen atoms in total. The highest BCUT2D eigenvalue weighted by Crippen LogP contribution is 2.30. The molecular formula is C24H31N7. The van der Waals surface area contributed by atoms with Crippen LogP contribution in [0.5, 0.6) is 0 Å². The average molecular weight is 418 g/mol. The van der Waals surface area contributed by atoms with Gasteiger partial charge in [0.05, 0.1) is 12.6 Å². The number of pyridine rings is 1. The van der Waals surface area contributed by atoms with Crippen molar-refractivity contribution in [1.29, 1.82) is 0 Å². The fourth-order valence-corrected chi connectivity index (χ4v) is 5.14. The van der Waals surface area contributed by atoms with Crippen LogP contribution in [0.3, 0.4) is 0 Å². The van der Waals surface area contributed by atoms with Crippen molar-refractivity contribution >= 4 is 0 Å². The molecule has 3 aromatic rings. The zero-order valence-corrected chi connectivity index (χ0v) is 18.1. The predicted molar refractivity (Wildman–Crippen MR) is 119 cm³/mol. The van der Waals surface area contributed by atoms with E-state index in [9.17, 15) is 0 Å². The lowest BCUT2D eigenvalue weighted by molar-refractivity contribution is 0.0620. The van der Waals surface area contributed by atoms with Crippen LogP contribution in [0.15, 0.2) is 54.9 Å². The van der Waals surface area contributed by atoms with Gasteiger partial charge in [-0.3, -0.25) is 14.8 Å². The van der Waals surface area contributed by atoms with Crippen molar-refractivity contribution in [2.24, 2.45) is 0 Å². The second-order valence-electron chi connectivity index (χ2n) is 8.73. The number of aromatic nitrogens is 5. The smallest absolute Gasteiger partial charge is 0.173 e. The Kier molecular flexibility index (Phi) is 6.32. The van der Waals surface area contributed by atoms with E-state index in [0.29, 0.717) is 6.54 Å². The molecule has 1 aliphatic heterocycles. The number of benzene rings is 1. The molecule has 2 fully saturated rings. The van der Waals surface area contributed by atoms with E-state index in [0.717, 1.165) is 43.6 Å². The highest BCUT2D eigenvalue weighted by atomic mass is 15.6. The first-order valence-electron chi connectivity index (χ1n) is 11.6. The maximum Gasteiger partial charge on any atom is 0.173 e. The summed E-state index contributed by atoms with van der Waals surface area (Å²) in [5.74, 6) is 0.892. The lowest BCUT2D eigenvalue weighted by atomic mass is 9.93. The van der Waals surface area contributed by atoms with E-state index in [2.05, 4.69) is 60.6 Å². The Hall–Kier alpha value is -2.64. The summed E-state index contributed by atoms with van der Waals surface area (Å²) in [6, 6.07) is 15.3. The van der Waals surface area contributed by atoms with E-state index >= 15 is 0 Å². The van der Waals surface area contributed by atoms with Gasteiger partial charge in [-0.1, -0.05) is 55.7 Å². The first-order chi connectivity index (χ1) is 15.4. The van der Waals surface area contributed by atoms with Crippen LogP contribution in [0.25, 0.3) is 0 Å². The van der Waals surface area contributed by atoms with Crippen LogP contribution in [0, 0.1) is 0 Å². The Morgan fingerprint density at radius 3 is 2.45 bits per heavy atom. The van der Waals surface area contributed by atoms with E-state index in [1.165, 1.54) is 37.7 Å². The molecule has 2 aromatic heterocycles. The summed E-state index contributed by atoms with van der Waals surface area (Å²) in [6.45, 7) is 4.94. The molecule has 0 unspecified atom stereocenters. The molecular weight excluding hydrogens is 386 g/mol. The summed E-state index contributed by atoms with van der Waals surface area (Å²) < 4.78 is 1.94. The summed E-state index contributed by atoms with van der Waals surface area (Å²) in [5, 5.41) is 12.9. The van der Waals surface area contributed by atoms with Gasteiger partial charge in [-0.2, -0.15) is 0 Å². The van der Waals surface area contributed by atoms with Gasteiger partial charge in [-0.15, -0.1) is 5.10 Å². The maximum atomic E-state index is 4.49. The normalized spacial score (nSPS) is 20.0. The van der Waals surface area contributed by atoms with Gasteiger partial charge in [0.2, 0.25) is 0 Å². The number of nitrogens with zero attached hydrogens (tertiary/aromatic N) is 7. The summed E-state index contributed by atoms with van der Waals surface area (Å²) >= 11 is 0. The number of hydrogen-bond donors (Lipinski definition) is 0. The quantitative estimate of drug-likeness (QED) is 0.614.